The molecule has 21 heavy (non-hydrogen) atoms. The van der Waals surface area contributed by atoms with E-state index in [1.54, 1.807) is 0 Å². The summed E-state index contributed by atoms with van der Waals surface area (Å²) in [6.45, 7) is 8.07. The Morgan fingerprint density at radius 2 is 2.00 bits per heavy atom. The molecule has 0 aromatic heterocycles. The summed E-state index contributed by atoms with van der Waals surface area (Å²) in [5.41, 5.74) is 6.67. The van der Waals surface area contributed by atoms with Crippen LogP contribution in [-0.2, 0) is 11.3 Å². The molecular formula is C17H28N2O2. The molecular weight excluding hydrogens is 264 g/mol. The van der Waals surface area contributed by atoms with Gasteiger partial charge >= 0.3 is 6.09 Å². The molecule has 0 saturated heterocycles. The van der Waals surface area contributed by atoms with Gasteiger partial charge in [-0.1, -0.05) is 51.1 Å². The van der Waals surface area contributed by atoms with E-state index in [2.05, 4.69) is 26.1 Å². The Labute approximate surface area is 128 Å². The second-order valence-corrected chi connectivity index (χ2v) is 6.46. The number of nitrogens with two attached hydrogens (primary N) is 1. The van der Waals surface area contributed by atoms with E-state index in [0.29, 0.717) is 25.6 Å². The molecule has 0 fully saturated rings. The highest BCUT2D eigenvalue weighted by Crippen LogP contribution is 2.23. The Morgan fingerprint density at radius 3 is 2.62 bits per heavy atom. The van der Waals surface area contributed by atoms with Gasteiger partial charge in [-0.3, -0.25) is 0 Å². The van der Waals surface area contributed by atoms with Crippen LogP contribution in [-0.4, -0.2) is 19.2 Å². The van der Waals surface area contributed by atoms with Crippen molar-refractivity contribution in [1.82, 2.24) is 5.32 Å². The van der Waals surface area contributed by atoms with Gasteiger partial charge in [-0.15, -0.1) is 0 Å². The first-order valence-electron chi connectivity index (χ1n) is 7.57. The van der Waals surface area contributed by atoms with Crippen molar-refractivity contribution in [2.45, 2.75) is 40.2 Å². The van der Waals surface area contributed by atoms with Gasteiger partial charge in [0.15, 0.2) is 0 Å². The summed E-state index contributed by atoms with van der Waals surface area (Å²) in [5, 5.41) is 2.84. The molecule has 1 amide bonds. The van der Waals surface area contributed by atoms with Crippen molar-refractivity contribution in [3.05, 3.63) is 35.9 Å². The number of hydrogen-bond donors (Lipinski definition) is 2. The molecule has 4 nitrogen and oxygen atoms in total. The Hall–Kier alpha value is -1.55. The highest BCUT2D eigenvalue weighted by atomic mass is 16.5. The summed E-state index contributed by atoms with van der Waals surface area (Å²) in [6, 6.07) is 9.67. The molecule has 118 valence electrons. The van der Waals surface area contributed by atoms with Crippen LogP contribution in [0.4, 0.5) is 4.79 Å². The van der Waals surface area contributed by atoms with Gasteiger partial charge in [0.2, 0.25) is 0 Å². The van der Waals surface area contributed by atoms with Gasteiger partial charge in [0.25, 0.3) is 0 Å². The maximum atomic E-state index is 11.7. The summed E-state index contributed by atoms with van der Waals surface area (Å²) in [4.78, 5) is 11.7. The van der Waals surface area contributed by atoms with Crippen LogP contribution < -0.4 is 11.1 Å². The average molecular weight is 292 g/mol. The molecule has 0 radical (unpaired) electrons. The standard InChI is InChI=1S/C17H28N2O2/c1-14(11-18)9-10-17(2,3)13-19-16(20)21-12-15-7-5-4-6-8-15/h4-8,14H,9-13,18H2,1-3H3,(H,19,20). The van der Waals surface area contributed by atoms with E-state index in [1.165, 1.54) is 0 Å². The molecule has 0 aliphatic rings. The van der Waals surface area contributed by atoms with Gasteiger partial charge in [-0.05, 0) is 36.3 Å². The van der Waals surface area contributed by atoms with Crippen LogP contribution in [0.25, 0.3) is 0 Å². The van der Waals surface area contributed by atoms with Gasteiger partial charge in [-0.2, -0.15) is 0 Å². The SMILES string of the molecule is CC(CN)CCC(C)(C)CNC(=O)OCc1ccccc1. The lowest BCUT2D eigenvalue weighted by molar-refractivity contribution is 0.134. The molecule has 1 aromatic carbocycles. The molecule has 0 aliphatic heterocycles. The number of ether oxygens (including phenoxy) is 1. The Balaban J connectivity index is 2.25. The first kappa shape index (κ1) is 17.5. The van der Waals surface area contributed by atoms with E-state index in [0.717, 1.165) is 18.4 Å². The monoisotopic (exact) mass is 292 g/mol. The van der Waals surface area contributed by atoms with E-state index in [4.69, 9.17) is 10.5 Å². The average Bonchev–Trinajstić information content (AvgIpc) is 2.49. The van der Waals surface area contributed by atoms with Crippen molar-refractivity contribution in [3.63, 3.8) is 0 Å². The van der Waals surface area contributed by atoms with E-state index in [-0.39, 0.29) is 11.5 Å². The Morgan fingerprint density at radius 1 is 1.33 bits per heavy atom. The minimum atomic E-state index is -0.362. The molecule has 1 unspecified atom stereocenters. The molecule has 1 aromatic rings. The summed E-state index contributed by atoms with van der Waals surface area (Å²) in [7, 11) is 0. The summed E-state index contributed by atoms with van der Waals surface area (Å²) >= 11 is 0. The number of rotatable bonds is 8. The van der Waals surface area contributed by atoms with Crippen LogP contribution >= 0.6 is 0 Å². The van der Waals surface area contributed by atoms with Crippen LogP contribution in [0.1, 0.15) is 39.2 Å². The fourth-order valence-corrected chi connectivity index (χ4v) is 1.93. The first-order valence-corrected chi connectivity index (χ1v) is 7.57. The number of nitrogens with one attached hydrogen (secondary N) is 1. The molecule has 0 heterocycles. The fourth-order valence-electron chi connectivity index (χ4n) is 1.93. The van der Waals surface area contributed by atoms with Gasteiger partial charge < -0.3 is 15.8 Å². The van der Waals surface area contributed by atoms with E-state index in [9.17, 15) is 4.79 Å². The lowest BCUT2D eigenvalue weighted by Gasteiger charge is -2.26. The topological polar surface area (TPSA) is 64.3 Å². The van der Waals surface area contributed by atoms with E-state index >= 15 is 0 Å². The Bertz CT molecular complexity index is 418. The largest absolute Gasteiger partial charge is 0.445 e. The van der Waals surface area contributed by atoms with Crippen LogP contribution in [0.2, 0.25) is 0 Å². The molecule has 0 saturated carbocycles. The number of amides is 1. The predicted octanol–water partition coefficient (Wildman–Crippen LogP) is 3.31. The smallest absolute Gasteiger partial charge is 0.407 e. The molecule has 0 bridgehead atoms. The zero-order valence-electron chi connectivity index (χ0n) is 13.4. The maximum Gasteiger partial charge on any atom is 0.407 e. The third-order valence-electron chi connectivity index (χ3n) is 3.64. The number of alkyl carbamates (subject to hydrolysis) is 1. The fraction of sp³-hybridized carbons (Fsp3) is 0.588. The van der Waals surface area contributed by atoms with Gasteiger partial charge in [0.1, 0.15) is 6.61 Å². The van der Waals surface area contributed by atoms with Gasteiger partial charge in [0.05, 0.1) is 0 Å². The van der Waals surface area contributed by atoms with Crippen molar-refractivity contribution < 1.29 is 9.53 Å². The van der Waals surface area contributed by atoms with Gasteiger partial charge in [0, 0.05) is 6.54 Å². The van der Waals surface area contributed by atoms with Crippen molar-refractivity contribution in [1.29, 1.82) is 0 Å². The van der Waals surface area contributed by atoms with Gasteiger partial charge in [-0.25, -0.2) is 4.79 Å². The summed E-state index contributed by atoms with van der Waals surface area (Å²) in [5.74, 6) is 0.523. The number of hydrogen-bond acceptors (Lipinski definition) is 3. The zero-order valence-corrected chi connectivity index (χ0v) is 13.4. The van der Waals surface area contributed by atoms with Crippen LogP contribution in [0, 0.1) is 11.3 Å². The number of carbonyl (C=O) groups excluding carboxylic acids is 1. The molecule has 0 aliphatic carbocycles. The summed E-state index contributed by atoms with van der Waals surface area (Å²) in [6.07, 6.45) is 1.74. The second kappa shape index (κ2) is 8.67. The minimum absolute atomic E-state index is 0.0508. The van der Waals surface area contributed by atoms with Crippen molar-refractivity contribution in [3.8, 4) is 0 Å². The second-order valence-electron chi connectivity index (χ2n) is 6.46. The third kappa shape index (κ3) is 7.71. The van der Waals surface area contributed by atoms with Crippen LogP contribution in [0.5, 0.6) is 0 Å². The summed E-state index contributed by atoms with van der Waals surface area (Å²) < 4.78 is 5.20. The normalized spacial score (nSPS) is 12.8. The number of benzene rings is 1. The Kier molecular flexibility index (Phi) is 7.23. The van der Waals surface area contributed by atoms with Crippen LogP contribution in [0.3, 0.4) is 0 Å². The van der Waals surface area contributed by atoms with Crippen molar-refractivity contribution in [2.24, 2.45) is 17.1 Å². The molecule has 1 atom stereocenters. The highest BCUT2D eigenvalue weighted by molar-refractivity contribution is 5.67. The lowest BCUT2D eigenvalue weighted by atomic mass is 9.85. The number of carbonyl (C=O) groups is 1. The predicted molar refractivity (Wildman–Crippen MR) is 85.9 cm³/mol. The first-order chi connectivity index (χ1) is 9.93. The van der Waals surface area contributed by atoms with Crippen LogP contribution in [0.15, 0.2) is 30.3 Å². The maximum absolute atomic E-state index is 11.7. The zero-order chi connectivity index (χ0) is 15.7. The third-order valence-corrected chi connectivity index (χ3v) is 3.64. The van der Waals surface area contributed by atoms with Crippen molar-refractivity contribution in [2.75, 3.05) is 13.1 Å². The quantitative estimate of drug-likeness (QED) is 0.772. The molecule has 0 spiro atoms. The van der Waals surface area contributed by atoms with Crippen molar-refractivity contribution >= 4 is 6.09 Å². The molecule has 1 rings (SSSR count). The van der Waals surface area contributed by atoms with E-state index in [1.807, 2.05) is 30.3 Å². The van der Waals surface area contributed by atoms with E-state index < -0.39 is 0 Å². The lowest BCUT2D eigenvalue weighted by Crippen LogP contribution is -2.34. The molecule has 3 N–H and O–H groups in total. The molecule has 4 heteroatoms. The highest BCUT2D eigenvalue weighted by Gasteiger charge is 2.20. The minimum Gasteiger partial charge on any atom is -0.445 e.